The van der Waals surface area contributed by atoms with Crippen molar-refractivity contribution >= 4 is 28.6 Å². The van der Waals surface area contributed by atoms with E-state index >= 15 is 0 Å². The van der Waals surface area contributed by atoms with E-state index in [0.717, 1.165) is 23.3 Å². The molecule has 0 saturated heterocycles. The second-order valence-corrected chi connectivity index (χ2v) is 8.54. The van der Waals surface area contributed by atoms with E-state index in [1.165, 1.54) is 18.2 Å². The van der Waals surface area contributed by atoms with Gasteiger partial charge in [-0.15, -0.1) is 0 Å². The minimum atomic E-state index is -0.989. The Hall–Kier alpha value is -3.98. The molecule has 1 aromatic heterocycles. The van der Waals surface area contributed by atoms with Crippen molar-refractivity contribution in [3.63, 3.8) is 0 Å². The molecule has 5 nitrogen and oxygen atoms in total. The van der Waals surface area contributed by atoms with Crippen LogP contribution in [0, 0.1) is 24.4 Å². The number of hydrogen-bond donors (Lipinski definition) is 1. The molecule has 0 radical (unpaired) electrons. The zero-order chi connectivity index (χ0) is 24.7. The molecule has 0 saturated carbocycles. The van der Waals surface area contributed by atoms with E-state index in [0.29, 0.717) is 27.6 Å². The maximum absolute atomic E-state index is 14.1. The van der Waals surface area contributed by atoms with Crippen LogP contribution >= 0.6 is 12.2 Å². The fourth-order valence-corrected chi connectivity index (χ4v) is 4.37. The molecule has 1 N–H and O–H groups in total. The van der Waals surface area contributed by atoms with Gasteiger partial charge in [0.25, 0.3) is 5.89 Å². The predicted molar refractivity (Wildman–Crippen MR) is 131 cm³/mol. The molecule has 9 heteroatoms. The highest BCUT2D eigenvalue weighted by atomic mass is 32.1. The second-order valence-electron chi connectivity index (χ2n) is 8.16. The van der Waals surface area contributed by atoms with Crippen LogP contribution in [0.25, 0.3) is 17.0 Å². The molecule has 0 bridgehead atoms. The van der Waals surface area contributed by atoms with Crippen molar-refractivity contribution in [3.05, 3.63) is 107 Å². The normalized spacial score (nSPS) is 16.0. The average molecular weight is 493 g/mol. The lowest BCUT2D eigenvalue weighted by atomic mass is 9.94. The summed E-state index contributed by atoms with van der Waals surface area (Å²) in [5.74, 6) is -1.81. The van der Waals surface area contributed by atoms with Gasteiger partial charge in [-0.25, -0.2) is 13.2 Å². The Bertz CT molecular complexity index is 1450. The first-order valence-corrected chi connectivity index (χ1v) is 11.2. The Morgan fingerprint density at radius 1 is 0.914 bits per heavy atom. The topological polar surface area (TPSA) is 54.2 Å². The van der Waals surface area contributed by atoms with Gasteiger partial charge in [0.05, 0.1) is 17.3 Å². The summed E-state index contributed by atoms with van der Waals surface area (Å²) in [4.78, 5) is 6.16. The van der Waals surface area contributed by atoms with Crippen molar-refractivity contribution in [3.8, 4) is 11.4 Å². The van der Waals surface area contributed by atoms with Crippen LogP contribution in [0.5, 0.6) is 0 Å². The molecule has 1 aliphatic heterocycles. The fourth-order valence-electron chi connectivity index (χ4n) is 4.01. The molecule has 0 fully saturated rings. The number of nitrogens with zero attached hydrogens (tertiary/aromatic N) is 3. The molecule has 4 aromatic rings. The lowest BCUT2D eigenvalue weighted by Crippen LogP contribution is -2.46. The van der Waals surface area contributed by atoms with E-state index in [9.17, 15) is 13.2 Å². The summed E-state index contributed by atoms with van der Waals surface area (Å²) in [6.45, 7) is 3.79. The molecule has 5 rings (SSSR count). The summed E-state index contributed by atoms with van der Waals surface area (Å²) < 4.78 is 46.7. The minimum Gasteiger partial charge on any atom is -0.351 e. The summed E-state index contributed by atoms with van der Waals surface area (Å²) in [5, 5.41) is 7.66. The van der Waals surface area contributed by atoms with Gasteiger partial charge in [0.15, 0.2) is 16.7 Å². The van der Waals surface area contributed by atoms with Gasteiger partial charge in [0.1, 0.15) is 5.82 Å². The molecule has 1 atom stereocenters. The number of thiocarbonyl (C=S) groups is 1. The summed E-state index contributed by atoms with van der Waals surface area (Å²) >= 11 is 5.62. The fraction of sp³-hybridized carbons (Fsp3) is 0.115. The van der Waals surface area contributed by atoms with Crippen LogP contribution in [-0.2, 0) is 0 Å². The van der Waals surface area contributed by atoms with Crippen molar-refractivity contribution in [2.75, 3.05) is 4.90 Å². The van der Waals surface area contributed by atoms with Crippen LogP contribution in [0.4, 0.5) is 18.9 Å². The van der Waals surface area contributed by atoms with E-state index in [1.54, 1.807) is 24.0 Å². The van der Waals surface area contributed by atoms with Gasteiger partial charge in [0.2, 0.25) is 5.82 Å². The van der Waals surface area contributed by atoms with Gasteiger partial charge in [-0.2, -0.15) is 4.98 Å². The summed E-state index contributed by atoms with van der Waals surface area (Å²) in [6.07, 6.45) is 0. The van der Waals surface area contributed by atoms with Crippen molar-refractivity contribution in [2.45, 2.75) is 19.9 Å². The molecule has 2 heterocycles. The molecule has 1 unspecified atom stereocenters. The molecule has 1 aliphatic rings. The Morgan fingerprint density at radius 2 is 1.63 bits per heavy atom. The van der Waals surface area contributed by atoms with E-state index in [1.807, 2.05) is 31.2 Å². The molecule has 0 aliphatic carbocycles. The molecule has 0 spiro atoms. The number of rotatable bonds is 4. The molecule has 0 amide bonds. The van der Waals surface area contributed by atoms with Crippen LogP contribution in [0.15, 0.2) is 77.0 Å². The standard InChI is InChI=1S/C26H19F3N4OS/c1-14-3-5-16(6-4-14)23-22(25-31-24(32-34-25)17-7-9-18(27)10-8-17)15(2)33(26(35)30-23)19-11-12-20(28)21(29)13-19/h3-13,23H,1-2H3,(H,30,35). The number of halogens is 3. The number of aromatic nitrogens is 2. The van der Waals surface area contributed by atoms with Crippen LogP contribution in [0.3, 0.4) is 0 Å². The summed E-state index contributed by atoms with van der Waals surface area (Å²) in [7, 11) is 0. The third kappa shape index (κ3) is 4.30. The van der Waals surface area contributed by atoms with Gasteiger partial charge in [-0.05, 0) is 68.0 Å². The van der Waals surface area contributed by atoms with Gasteiger partial charge in [-0.1, -0.05) is 35.0 Å². The van der Waals surface area contributed by atoms with Gasteiger partial charge >= 0.3 is 0 Å². The Labute approximate surface area is 204 Å². The van der Waals surface area contributed by atoms with Crippen LogP contribution in [0.1, 0.15) is 30.0 Å². The first-order chi connectivity index (χ1) is 16.8. The predicted octanol–water partition coefficient (Wildman–Crippen LogP) is 6.33. The van der Waals surface area contributed by atoms with Crippen molar-refractivity contribution in [1.82, 2.24) is 15.5 Å². The van der Waals surface area contributed by atoms with Crippen molar-refractivity contribution < 1.29 is 17.7 Å². The number of allylic oxidation sites excluding steroid dienone is 1. The highest BCUT2D eigenvalue weighted by Gasteiger charge is 2.35. The monoisotopic (exact) mass is 492 g/mol. The van der Waals surface area contributed by atoms with Crippen molar-refractivity contribution in [2.24, 2.45) is 0 Å². The van der Waals surface area contributed by atoms with E-state index in [-0.39, 0.29) is 17.5 Å². The maximum Gasteiger partial charge on any atom is 0.258 e. The maximum atomic E-state index is 14.1. The smallest absolute Gasteiger partial charge is 0.258 e. The minimum absolute atomic E-state index is 0.218. The van der Waals surface area contributed by atoms with E-state index in [2.05, 4.69) is 15.5 Å². The molecule has 176 valence electrons. The second kappa shape index (κ2) is 8.99. The Kier molecular flexibility index (Phi) is 5.86. The largest absolute Gasteiger partial charge is 0.351 e. The first-order valence-electron chi connectivity index (χ1n) is 10.7. The number of anilines is 1. The Morgan fingerprint density at radius 3 is 2.31 bits per heavy atom. The average Bonchev–Trinajstić information content (AvgIpc) is 3.31. The zero-order valence-corrected chi connectivity index (χ0v) is 19.5. The number of hydrogen-bond acceptors (Lipinski definition) is 4. The van der Waals surface area contributed by atoms with Gasteiger partial charge < -0.3 is 9.84 Å². The quantitative estimate of drug-likeness (QED) is 0.336. The van der Waals surface area contributed by atoms with Crippen LogP contribution < -0.4 is 10.2 Å². The van der Waals surface area contributed by atoms with Gasteiger partial charge in [-0.3, -0.25) is 4.90 Å². The van der Waals surface area contributed by atoms with E-state index in [4.69, 9.17) is 16.7 Å². The van der Waals surface area contributed by atoms with Crippen LogP contribution in [-0.4, -0.2) is 15.3 Å². The van der Waals surface area contributed by atoms with Crippen molar-refractivity contribution in [1.29, 1.82) is 0 Å². The molecular formula is C26H19F3N4OS. The van der Waals surface area contributed by atoms with Gasteiger partial charge in [0, 0.05) is 17.3 Å². The van der Waals surface area contributed by atoms with Crippen LogP contribution in [0.2, 0.25) is 0 Å². The third-order valence-electron chi connectivity index (χ3n) is 5.82. The highest BCUT2D eigenvalue weighted by molar-refractivity contribution is 7.80. The number of nitrogens with one attached hydrogen (secondary N) is 1. The molecular weight excluding hydrogens is 473 g/mol. The Balaban J connectivity index is 1.65. The lowest BCUT2D eigenvalue weighted by molar-refractivity contribution is 0.404. The van der Waals surface area contributed by atoms with E-state index < -0.39 is 17.7 Å². The SMILES string of the molecule is CC1=C(c2nc(-c3ccc(F)cc3)no2)C(c2ccc(C)cc2)NC(=S)N1c1ccc(F)c(F)c1. The molecule has 35 heavy (non-hydrogen) atoms. The number of aryl methyl sites for hydroxylation is 1. The summed E-state index contributed by atoms with van der Waals surface area (Å²) in [5.41, 5.74) is 4.15. The molecule has 3 aromatic carbocycles. The lowest BCUT2D eigenvalue weighted by Gasteiger charge is -2.37. The summed E-state index contributed by atoms with van der Waals surface area (Å²) in [6, 6.07) is 16.8. The number of benzene rings is 3. The first kappa shape index (κ1) is 22.8. The highest BCUT2D eigenvalue weighted by Crippen LogP contribution is 2.39. The third-order valence-corrected chi connectivity index (χ3v) is 6.12. The zero-order valence-electron chi connectivity index (χ0n) is 18.7.